The van der Waals surface area contributed by atoms with Crippen LogP contribution in [0.2, 0.25) is 0 Å². The van der Waals surface area contributed by atoms with Gasteiger partial charge in [-0.3, -0.25) is 0 Å². The highest BCUT2D eigenvalue weighted by atomic mass is 19.1. The second-order valence-electron chi connectivity index (χ2n) is 5.00. The summed E-state index contributed by atoms with van der Waals surface area (Å²) >= 11 is 0. The highest BCUT2D eigenvalue weighted by molar-refractivity contribution is 5.74. The molecule has 0 saturated heterocycles. The minimum atomic E-state index is -0.408. The number of ether oxygens (including phenoxy) is 1. The molecule has 3 aromatic rings. The number of nitrogens with zero attached hydrogens (tertiary/aromatic N) is 3. The molecule has 0 spiro atoms. The van der Waals surface area contributed by atoms with Gasteiger partial charge < -0.3 is 4.74 Å². The molecule has 3 rings (SSSR count). The molecule has 0 saturated carbocycles. The molecule has 5 nitrogen and oxygen atoms in total. The quantitative estimate of drug-likeness (QED) is 0.744. The fraction of sp³-hybridized carbons (Fsp3) is 0.0556. The van der Waals surface area contributed by atoms with Gasteiger partial charge in [-0.25, -0.2) is 9.49 Å². The van der Waals surface area contributed by atoms with Gasteiger partial charge in [0.05, 0.1) is 7.11 Å². The number of rotatable bonds is 4. The van der Waals surface area contributed by atoms with Crippen LogP contribution in [0.1, 0.15) is 16.8 Å². The van der Waals surface area contributed by atoms with E-state index in [1.165, 1.54) is 13.2 Å². The Morgan fingerprint density at radius 1 is 1.17 bits per heavy atom. The molecular formula is C18H13FN4O. The molecule has 2 aromatic carbocycles. The summed E-state index contributed by atoms with van der Waals surface area (Å²) in [5.74, 6) is -0.195. The van der Waals surface area contributed by atoms with Crippen molar-refractivity contribution in [2.24, 2.45) is 0 Å². The number of benzene rings is 2. The number of aromatic amines is 1. The lowest BCUT2D eigenvalue weighted by Crippen LogP contribution is -1.87. The number of hydrogen-bond donors (Lipinski definition) is 1. The van der Waals surface area contributed by atoms with Crippen molar-refractivity contribution in [3.05, 3.63) is 65.1 Å². The van der Waals surface area contributed by atoms with Gasteiger partial charge in [-0.05, 0) is 29.3 Å². The molecule has 1 aromatic heterocycles. The van der Waals surface area contributed by atoms with E-state index in [-0.39, 0.29) is 5.75 Å². The topological polar surface area (TPSA) is 74.6 Å². The Balaban J connectivity index is 1.87. The summed E-state index contributed by atoms with van der Waals surface area (Å²) in [5, 5.41) is 19.2. The maximum atomic E-state index is 13.7. The van der Waals surface area contributed by atoms with E-state index in [9.17, 15) is 4.39 Å². The number of aromatic nitrogens is 3. The first-order valence-corrected chi connectivity index (χ1v) is 7.14. The predicted octanol–water partition coefficient (Wildman–Crippen LogP) is 3.66. The lowest BCUT2D eigenvalue weighted by molar-refractivity contribution is 0.386. The minimum absolute atomic E-state index is 0.212. The van der Waals surface area contributed by atoms with Crippen LogP contribution in [0, 0.1) is 17.1 Å². The van der Waals surface area contributed by atoms with Gasteiger partial charge >= 0.3 is 0 Å². The number of nitriles is 1. The Bertz CT molecular complexity index is 940. The summed E-state index contributed by atoms with van der Waals surface area (Å²) in [4.78, 5) is 0. The van der Waals surface area contributed by atoms with Gasteiger partial charge in [0, 0.05) is 5.56 Å². The van der Waals surface area contributed by atoms with E-state index in [0.717, 1.165) is 16.7 Å². The first-order valence-electron chi connectivity index (χ1n) is 7.14. The van der Waals surface area contributed by atoms with Crippen molar-refractivity contribution in [1.82, 2.24) is 15.4 Å². The van der Waals surface area contributed by atoms with E-state index in [0.29, 0.717) is 11.4 Å². The molecule has 118 valence electrons. The third-order valence-corrected chi connectivity index (χ3v) is 3.46. The molecule has 0 radical (unpaired) electrons. The van der Waals surface area contributed by atoms with Gasteiger partial charge in [-0.15, -0.1) is 5.10 Å². The molecule has 0 unspecified atom stereocenters. The van der Waals surface area contributed by atoms with Crippen molar-refractivity contribution < 1.29 is 9.13 Å². The lowest BCUT2D eigenvalue weighted by Gasteiger charge is -2.02. The van der Waals surface area contributed by atoms with Crippen LogP contribution in [-0.4, -0.2) is 22.5 Å². The van der Waals surface area contributed by atoms with Crippen LogP contribution in [-0.2, 0) is 0 Å². The third-order valence-electron chi connectivity index (χ3n) is 3.46. The average Bonchev–Trinajstić information content (AvgIpc) is 3.09. The zero-order chi connectivity index (χ0) is 16.9. The van der Waals surface area contributed by atoms with Gasteiger partial charge in [0.2, 0.25) is 0 Å². The summed E-state index contributed by atoms with van der Waals surface area (Å²) in [5.41, 5.74) is 3.22. The minimum Gasteiger partial charge on any atom is -0.494 e. The standard InChI is InChI=1S/C18H13FN4O/c1-24-17-8-7-13(10-15(17)19)6-5-12-3-2-4-14(9-12)18-16(11-20)21-23-22-18/h2-10H,1H3,(H,21,22,23)/b6-5+. The van der Waals surface area contributed by atoms with Crippen LogP contribution in [0.5, 0.6) is 5.75 Å². The second-order valence-corrected chi connectivity index (χ2v) is 5.00. The summed E-state index contributed by atoms with van der Waals surface area (Å²) in [7, 11) is 1.43. The van der Waals surface area contributed by atoms with Crippen molar-refractivity contribution in [1.29, 1.82) is 5.26 Å². The molecule has 0 amide bonds. The first-order chi connectivity index (χ1) is 11.7. The van der Waals surface area contributed by atoms with Crippen molar-refractivity contribution in [3.8, 4) is 23.1 Å². The van der Waals surface area contributed by atoms with Gasteiger partial charge in [0.25, 0.3) is 0 Å². The second kappa shape index (κ2) is 6.75. The number of nitrogens with one attached hydrogen (secondary N) is 1. The van der Waals surface area contributed by atoms with Crippen molar-refractivity contribution >= 4 is 12.2 Å². The Labute approximate surface area is 138 Å². The highest BCUT2D eigenvalue weighted by Gasteiger charge is 2.09. The molecule has 0 atom stereocenters. The van der Waals surface area contributed by atoms with E-state index >= 15 is 0 Å². The lowest BCUT2D eigenvalue weighted by atomic mass is 10.1. The first kappa shape index (κ1) is 15.4. The van der Waals surface area contributed by atoms with Crippen LogP contribution in [0.3, 0.4) is 0 Å². The Kier molecular flexibility index (Phi) is 4.34. The fourth-order valence-corrected chi connectivity index (χ4v) is 2.28. The number of hydrogen-bond acceptors (Lipinski definition) is 4. The maximum Gasteiger partial charge on any atom is 0.165 e. The van der Waals surface area contributed by atoms with Crippen LogP contribution < -0.4 is 4.74 Å². The summed E-state index contributed by atoms with van der Waals surface area (Å²) in [6, 6.07) is 14.3. The summed E-state index contributed by atoms with van der Waals surface area (Å²) in [6.45, 7) is 0. The highest BCUT2D eigenvalue weighted by Crippen LogP contribution is 2.22. The molecule has 0 aliphatic carbocycles. The van der Waals surface area contributed by atoms with E-state index in [1.807, 2.05) is 36.4 Å². The molecule has 1 N–H and O–H groups in total. The summed E-state index contributed by atoms with van der Waals surface area (Å²) < 4.78 is 18.6. The number of methoxy groups -OCH3 is 1. The van der Waals surface area contributed by atoms with E-state index < -0.39 is 5.82 Å². The molecule has 0 aliphatic heterocycles. The Hall–Kier alpha value is -3.46. The van der Waals surface area contributed by atoms with Gasteiger partial charge in [-0.2, -0.15) is 5.26 Å². The predicted molar refractivity (Wildman–Crippen MR) is 88.4 cm³/mol. The van der Waals surface area contributed by atoms with Crippen molar-refractivity contribution in [2.45, 2.75) is 0 Å². The average molecular weight is 320 g/mol. The Morgan fingerprint density at radius 2 is 1.96 bits per heavy atom. The normalized spacial score (nSPS) is 10.7. The number of H-pyrrole nitrogens is 1. The molecule has 1 heterocycles. The molecule has 24 heavy (non-hydrogen) atoms. The maximum absolute atomic E-state index is 13.7. The zero-order valence-electron chi connectivity index (χ0n) is 12.8. The van der Waals surface area contributed by atoms with Gasteiger partial charge in [0.1, 0.15) is 11.8 Å². The largest absolute Gasteiger partial charge is 0.494 e. The van der Waals surface area contributed by atoms with E-state index in [4.69, 9.17) is 10.00 Å². The smallest absolute Gasteiger partial charge is 0.165 e. The van der Waals surface area contributed by atoms with Crippen LogP contribution in [0.4, 0.5) is 4.39 Å². The summed E-state index contributed by atoms with van der Waals surface area (Å²) in [6.07, 6.45) is 3.66. The Morgan fingerprint density at radius 3 is 2.67 bits per heavy atom. The molecule has 6 heteroatoms. The van der Waals surface area contributed by atoms with E-state index in [1.54, 1.807) is 18.2 Å². The van der Waals surface area contributed by atoms with Crippen LogP contribution in [0.25, 0.3) is 23.4 Å². The SMILES string of the molecule is COc1ccc(/C=C/c2cccc(-c3nn[nH]c3C#N)c2)cc1F. The van der Waals surface area contributed by atoms with Gasteiger partial charge in [0.15, 0.2) is 17.3 Å². The fourth-order valence-electron chi connectivity index (χ4n) is 2.28. The number of halogens is 1. The van der Waals surface area contributed by atoms with Gasteiger partial charge in [-0.1, -0.05) is 41.6 Å². The molecule has 0 aliphatic rings. The molecule has 0 fully saturated rings. The van der Waals surface area contributed by atoms with Crippen LogP contribution in [0.15, 0.2) is 42.5 Å². The monoisotopic (exact) mass is 320 g/mol. The van der Waals surface area contributed by atoms with E-state index in [2.05, 4.69) is 15.4 Å². The van der Waals surface area contributed by atoms with Crippen LogP contribution >= 0.6 is 0 Å². The zero-order valence-corrected chi connectivity index (χ0v) is 12.8. The molecular weight excluding hydrogens is 307 g/mol. The molecule has 0 bridgehead atoms. The third kappa shape index (κ3) is 3.15. The van der Waals surface area contributed by atoms with Crippen molar-refractivity contribution in [2.75, 3.05) is 7.11 Å². The van der Waals surface area contributed by atoms with Crippen molar-refractivity contribution in [3.63, 3.8) is 0 Å².